The minimum atomic E-state index is -1.07. The fourth-order valence-electron chi connectivity index (χ4n) is 4.64. The lowest BCUT2D eigenvalue weighted by atomic mass is 9.87. The Morgan fingerprint density at radius 1 is 0.771 bits per heavy atom. The smallest absolute Gasteiger partial charge is 0.245 e. The van der Waals surface area contributed by atoms with Crippen molar-refractivity contribution >= 4 is 17.7 Å². The summed E-state index contributed by atoms with van der Waals surface area (Å²) in [6.07, 6.45) is 15.8. The van der Waals surface area contributed by atoms with Gasteiger partial charge in [0, 0.05) is 13.0 Å². The van der Waals surface area contributed by atoms with Gasteiger partial charge in [-0.1, -0.05) is 64.2 Å². The first-order valence-electron chi connectivity index (χ1n) is 13.9. The van der Waals surface area contributed by atoms with Gasteiger partial charge in [0.1, 0.15) is 12.1 Å². The Hall–Kier alpha value is -1.71. The van der Waals surface area contributed by atoms with Gasteiger partial charge in [0.05, 0.1) is 6.61 Å². The molecule has 0 aromatic carbocycles. The molecule has 3 amide bonds. The zero-order chi connectivity index (χ0) is 25.7. The van der Waals surface area contributed by atoms with Crippen LogP contribution in [0.15, 0.2) is 0 Å². The summed E-state index contributed by atoms with van der Waals surface area (Å²) in [5.41, 5.74) is 11.1. The Morgan fingerprint density at radius 3 is 2.03 bits per heavy atom. The summed E-state index contributed by atoms with van der Waals surface area (Å²) in [6.45, 7) is 1.21. The highest BCUT2D eigenvalue weighted by atomic mass is 16.3. The van der Waals surface area contributed by atoms with Crippen LogP contribution in [0.3, 0.4) is 0 Å². The molecule has 0 aliphatic heterocycles. The first-order chi connectivity index (χ1) is 17.0. The lowest BCUT2D eigenvalue weighted by Gasteiger charge is -2.24. The summed E-state index contributed by atoms with van der Waals surface area (Å²) in [6, 6.07) is -1.81. The summed E-state index contributed by atoms with van der Waals surface area (Å²) in [4.78, 5) is 37.7. The van der Waals surface area contributed by atoms with Crippen molar-refractivity contribution in [2.24, 2.45) is 17.4 Å². The molecule has 204 valence electrons. The minimum Gasteiger partial charge on any atom is -0.394 e. The summed E-state index contributed by atoms with van der Waals surface area (Å²) in [5, 5.41) is 17.9. The Morgan fingerprint density at radius 2 is 1.40 bits per heavy atom. The lowest BCUT2D eigenvalue weighted by molar-refractivity contribution is -0.133. The van der Waals surface area contributed by atoms with Crippen molar-refractivity contribution in [2.75, 3.05) is 26.2 Å². The number of carbonyl (C=O) groups is 3. The van der Waals surface area contributed by atoms with Crippen LogP contribution in [-0.4, -0.2) is 61.2 Å². The zero-order valence-corrected chi connectivity index (χ0v) is 21.7. The fraction of sp³-hybridized carbons (Fsp3) is 0.885. The highest BCUT2D eigenvalue weighted by molar-refractivity contribution is 5.92. The van der Waals surface area contributed by atoms with Gasteiger partial charge in [-0.3, -0.25) is 14.4 Å². The number of amides is 3. The number of carbonyl (C=O) groups excluding carboxylic acids is 3. The lowest BCUT2D eigenvalue weighted by Crippen LogP contribution is -2.55. The van der Waals surface area contributed by atoms with Crippen LogP contribution < -0.4 is 27.4 Å². The van der Waals surface area contributed by atoms with E-state index >= 15 is 0 Å². The molecule has 0 radical (unpaired) electrons. The zero-order valence-electron chi connectivity index (χ0n) is 21.7. The molecule has 8 N–H and O–H groups in total. The van der Waals surface area contributed by atoms with Crippen LogP contribution in [0.1, 0.15) is 103 Å². The standard InChI is InChI=1S/C26H51N5O4/c27-17-10-5-3-1-2-4-9-15-24(33)30-23(20-32)26(35)31-22(14-11-18-28)25(34)29-19-16-21-12-7-6-8-13-21/h21-23,32H,1-20,27-28H2,(H,29,34)(H,30,33)(H,31,35)/t22-,23-/m0/s1. The first-order valence-corrected chi connectivity index (χ1v) is 13.9. The monoisotopic (exact) mass is 497 g/mol. The molecule has 1 fully saturated rings. The van der Waals surface area contributed by atoms with Crippen molar-refractivity contribution in [3.63, 3.8) is 0 Å². The van der Waals surface area contributed by atoms with E-state index in [-0.39, 0.29) is 11.8 Å². The van der Waals surface area contributed by atoms with Crippen LogP contribution in [-0.2, 0) is 14.4 Å². The molecule has 1 rings (SSSR count). The molecule has 0 spiro atoms. The van der Waals surface area contributed by atoms with Crippen LogP contribution in [0.5, 0.6) is 0 Å². The summed E-state index contributed by atoms with van der Waals surface area (Å²) >= 11 is 0. The molecule has 1 aliphatic carbocycles. The quantitative estimate of drug-likeness (QED) is 0.141. The van der Waals surface area contributed by atoms with E-state index < -0.39 is 24.6 Å². The summed E-state index contributed by atoms with van der Waals surface area (Å²) < 4.78 is 0. The molecule has 9 heteroatoms. The van der Waals surface area contributed by atoms with Gasteiger partial charge in [0.2, 0.25) is 17.7 Å². The minimum absolute atomic E-state index is 0.239. The Bertz CT molecular complexity index is 584. The van der Waals surface area contributed by atoms with Gasteiger partial charge in [-0.2, -0.15) is 0 Å². The van der Waals surface area contributed by atoms with Gasteiger partial charge in [0.25, 0.3) is 0 Å². The second kappa shape index (κ2) is 20.5. The van der Waals surface area contributed by atoms with Crippen molar-refractivity contribution in [3.8, 4) is 0 Å². The van der Waals surface area contributed by atoms with E-state index in [1.807, 2.05) is 0 Å². The van der Waals surface area contributed by atoms with E-state index in [4.69, 9.17) is 11.5 Å². The van der Waals surface area contributed by atoms with E-state index in [9.17, 15) is 19.5 Å². The molecule has 0 aromatic heterocycles. The van der Waals surface area contributed by atoms with Gasteiger partial charge < -0.3 is 32.5 Å². The molecular weight excluding hydrogens is 446 g/mol. The van der Waals surface area contributed by atoms with Gasteiger partial charge in [-0.15, -0.1) is 0 Å². The summed E-state index contributed by atoms with van der Waals surface area (Å²) in [5.74, 6) is -0.397. The van der Waals surface area contributed by atoms with E-state index in [1.54, 1.807) is 0 Å². The molecule has 9 nitrogen and oxygen atoms in total. The van der Waals surface area contributed by atoms with E-state index in [2.05, 4.69) is 16.0 Å². The number of aliphatic hydroxyl groups excluding tert-OH is 1. The number of nitrogens with one attached hydrogen (secondary N) is 3. The van der Waals surface area contributed by atoms with Crippen LogP contribution in [0.4, 0.5) is 0 Å². The second-order valence-electron chi connectivity index (χ2n) is 9.89. The maximum Gasteiger partial charge on any atom is 0.245 e. The van der Waals surface area contributed by atoms with Gasteiger partial charge >= 0.3 is 0 Å². The molecule has 2 atom stereocenters. The number of aliphatic hydroxyl groups is 1. The fourth-order valence-corrected chi connectivity index (χ4v) is 4.64. The molecular formula is C26H51N5O4. The van der Waals surface area contributed by atoms with Crippen LogP contribution in [0.25, 0.3) is 0 Å². The average molecular weight is 498 g/mol. The van der Waals surface area contributed by atoms with Crippen LogP contribution in [0, 0.1) is 5.92 Å². The molecule has 0 saturated heterocycles. The first kappa shape index (κ1) is 31.3. The maximum atomic E-state index is 12.7. The van der Waals surface area contributed by atoms with Gasteiger partial charge in [-0.25, -0.2) is 0 Å². The van der Waals surface area contributed by atoms with Crippen LogP contribution in [0.2, 0.25) is 0 Å². The highest BCUT2D eigenvalue weighted by Crippen LogP contribution is 2.25. The highest BCUT2D eigenvalue weighted by Gasteiger charge is 2.26. The SMILES string of the molecule is NCCCCCCCCCC(=O)N[C@@H](CO)C(=O)N[C@@H](CCCN)C(=O)NCCC1CCCCC1. The third kappa shape index (κ3) is 15.1. The average Bonchev–Trinajstić information content (AvgIpc) is 2.87. The molecule has 1 saturated carbocycles. The molecule has 0 bridgehead atoms. The summed E-state index contributed by atoms with van der Waals surface area (Å²) in [7, 11) is 0. The van der Waals surface area contributed by atoms with E-state index in [0.29, 0.717) is 38.3 Å². The molecule has 1 aliphatic rings. The normalized spacial score (nSPS) is 15.9. The number of unbranched alkanes of at least 4 members (excludes halogenated alkanes) is 6. The van der Waals surface area contributed by atoms with Crippen molar-refractivity contribution in [2.45, 2.75) is 115 Å². The van der Waals surface area contributed by atoms with Crippen molar-refractivity contribution in [3.05, 3.63) is 0 Å². The van der Waals surface area contributed by atoms with E-state index in [1.165, 1.54) is 32.1 Å². The Kier molecular flexibility index (Phi) is 18.3. The molecule has 0 heterocycles. The number of rotatable bonds is 20. The second-order valence-corrected chi connectivity index (χ2v) is 9.89. The maximum absolute atomic E-state index is 12.7. The predicted molar refractivity (Wildman–Crippen MR) is 139 cm³/mol. The van der Waals surface area contributed by atoms with Crippen molar-refractivity contribution in [1.82, 2.24) is 16.0 Å². The topological polar surface area (TPSA) is 160 Å². The predicted octanol–water partition coefficient (Wildman–Crippen LogP) is 1.85. The third-order valence-electron chi connectivity index (χ3n) is 6.85. The molecule has 35 heavy (non-hydrogen) atoms. The largest absolute Gasteiger partial charge is 0.394 e. The van der Waals surface area contributed by atoms with Gasteiger partial charge in [0.15, 0.2) is 0 Å². The molecule has 0 aromatic rings. The number of nitrogens with two attached hydrogens (primary N) is 2. The van der Waals surface area contributed by atoms with E-state index in [0.717, 1.165) is 57.9 Å². The Labute approximate surface area is 211 Å². The number of hydrogen-bond acceptors (Lipinski definition) is 6. The number of hydrogen-bond donors (Lipinski definition) is 6. The van der Waals surface area contributed by atoms with Crippen molar-refractivity contribution < 1.29 is 19.5 Å². The van der Waals surface area contributed by atoms with Crippen molar-refractivity contribution in [1.29, 1.82) is 0 Å². The van der Waals surface area contributed by atoms with Crippen LogP contribution >= 0.6 is 0 Å². The molecule has 0 unspecified atom stereocenters. The third-order valence-corrected chi connectivity index (χ3v) is 6.85. The van der Waals surface area contributed by atoms with Gasteiger partial charge in [-0.05, 0) is 51.1 Å². The Balaban J connectivity index is 2.38.